The van der Waals surface area contributed by atoms with Gasteiger partial charge in [-0.05, 0) is 59.0 Å². The molecule has 0 aliphatic heterocycles. The summed E-state index contributed by atoms with van der Waals surface area (Å²) in [4.78, 5) is 11.8. The molecule has 0 bridgehead atoms. The highest BCUT2D eigenvalue weighted by Gasteiger charge is 2.06. The van der Waals surface area contributed by atoms with Crippen molar-refractivity contribution in [2.45, 2.75) is 0 Å². The smallest absolute Gasteiger partial charge is 0.271 e. The van der Waals surface area contributed by atoms with Gasteiger partial charge >= 0.3 is 0 Å². The zero-order chi connectivity index (χ0) is 15.4. The Hall–Kier alpha value is -1.12. The van der Waals surface area contributed by atoms with Crippen LogP contribution in [0.3, 0.4) is 0 Å². The molecule has 0 atom stereocenters. The van der Waals surface area contributed by atoms with Crippen LogP contribution in [0.2, 0.25) is 5.02 Å². The molecule has 0 aliphatic carbocycles. The van der Waals surface area contributed by atoms with Crippen molar-refractivity contribution in [1.82, 2.24) is 5.43 Å². The van der Waals surface area contributed by atoms with E-state index in [1.807, 2.05) is 22.6 Å². The third-order valence-electron chi connectivity index (χ3n) is 2.53. The summed E-state index contributed by atoms with van der Waals surface area (Å²) >= 11 is 11.1. The van der Waals surface area contributed by atoms with E-state index in [2.05, 4.69) is 26.5 Å². The largest absolute Gasteiger partial charge is 0.506 e. The average molecular weight is 479 g/mol. The molecule has 0 saturated heterocycles. The van der Waals surface area contributed by atoms with Gasteiger partial charge in [-0.15, -0.1) is 0 Å². The Labute approximate surface area is 148 Å². The topological polar surface area (TPSA) is 61.7 Å². The lowest BCUT2D eigenvalue weighted by Gasteiger charge is -2.03. The van der Waals surface area contributed by atoms with Crippen molar-refractivity contribution in [3.63, 3.8) is 0 Å². The van der Waals surface area contributed by atoms with Crippen molar-refractivity contribution in [3.05, 3.63) is 60.6 Å². The average Bonchev–Trinajstić information content (AvgIpc) is 2.44. The summed E-state index contributed by atoms with van der Waals surface area (Å²) in [5.74, 6) is -0.240. The quantitative estimate of drug-likeness (QED) is 0.394. The summed E-state index contributed by atoms with van der Waals surface area (Å²) < 4.78 is 1.50. The molecular weight excluding hydrogens is 470 g/mol. The standard InChI is InChI=1S/C14H9BrClIN2O2/c15-10-5-9(13(20)12(17)6-10)7-18-19-14(21)8-1-3-11(16)4-2-8/h1-7,20H,(H,19,21)/b18-7-. The summed E-state index contributed by atoms with van der Waals surface area (Å²) in [7, 11) is 0. The second-order valence-electron chi connectivity index (χ2n) is 4.03. The molecule has 108 valence electrons. The van der Waals surface area contributed by atoms with E-state index in [0.717, 1.165) is 4.47 Å². The number of nitrogens with zero attached hydrogens (tertiary/aromatic N) is 1. The van der Waals surface area contributed by atoms with Crippen LogP contribution < -0.4 is 5.43 Å². The zero-order valence-electron chi connectivity index (χ0n) is 10.5. The van der Waals surface area contributed by atoms with Gasteiger partial charge in [0.2, 0.25) is 0 Å². The summed E-state index contributed by atoms with van der Waals surface area (Å²) in [6.07, 6.45) is 1.38. The van der Waals surface area contributed by atoms with Crippen molar-refractivity contribution in [2.24, 2.45) is 5.10 Å². The Bertz CT molecular complexity index is 705. The molecule has 2 N–H and O–H groups in total. The van der Waals surface area contributed by atoms with Gasteiger partial charge in [-0.3, -0.25) is 4.79 Å². The lowest BCUT2D eigenvalue weighted by molar-refractivity contribution is 0.0955. The van der Waals surface area contributed by atoms with Crippen molar-refractivity contribution in [2.75, 3.05) is 0 Å². The van der Waals surface area contributed by atoms with Crippen LogP contribution in [-0.4, -0.2) is 17.2 Å². The highest BCUT2D eigenvalue weighted by Crippen LogP contribution is 2.27. The molecule has 0 spiro atoms. The van der Waals surface area contributed by atoms with Gasteiger partial charge in [0.05, 0.1) is 9.78 Å². The van der Waals surface area contributed by atoms with E-state index >= 15 is 0 Å². The number of rotatable bonds is 3. The summed E-state index contributed by atoms with van der Waals surface area (Å²) in [6, 6.07) is 9.94. The second kappa shape index (κ2) is 7.24. The number of hydrazone groups is 1. The number of hydrogen-bond acceptors (Lipinski definition) is 3. The van der Waals surface area contributed by atoms with Crippen molar-refractivity contribution < 1.29 is 9.90 Å². The van der Waals surface area contributed by atoms with Crippen LogP contribution in [0.5, 0.6) is 5.75 Å². The van der Waals surface area contributed by atoms with Crippen molar-refractivity contribution >= 4 is 62.2 Å². The maximum Gasteiger partial charge on any atom is 0.271 e. The number of phenolic OH excluding ortho intramolecular Hbond substituents is 1. The first-order valence-corrected chi connectivity index (χ1v) is 7.99. The van der Waals surface area contributed by atoms with Crippen LogP contribution in [-0.2, 0) is 0 Å². The van der Waals surface area contributed by atoms with Gasteiger partial charge in [0, 0.05) is 20.6 Å². The van der Waals surface area contributed by atoms with Crippen LogP contribution >= 0.6 is 50.1 Å². The number of carbonyl (C=O) groups is 1. The van der Waals surface area contributed by atoms with Gasteiger partial charge in [0.1, 0.15) is 5.75 Å². The lowest BCUT2D eigenvalue weighted by atomic mass is 10.2. The summed E-state index contributed by atoms with van der Waals surface area (Å²) in [6.45, 7) is 0. The number of carbonyl (C=O) groups excluding carboxylic acids is 1. The van der Waals surface area contributed by atoms with E-state index in [1.54, 1.807) is 36.4 Å². The van der Waals surface area contributed by atoms with Gasteiger partial charge in [-0.25, -0.2) is 5.43 Å². The first-order chi connectivity index (χ1) is 9.97. The zero-order valence-corrected chi connectivity index (χ0v) is 15.0. The van der Waals surface area contributed by atoms with E-state index in [-0.39, 0.29) is 11.7 Å². The van der Waals surface area contributed by atoms with Gasteiger partial charge in [-0.1, -0.05) is 27.5 Å². The van der Waals surface area contributed by atoms with E-state index in [4.69, 9.17) is 11.6 Å². The Morgan fingerprint density at radius 1 is 1.33 bits per heavy atom. The van der Waals surface area contributed by atoms with Gasteiger partial charge in [-0.2, -0.15) is 5.10 Å². The summed E-state index contributed by atoms with van der Waals surface area (Å²) in [5, 5.41) is 14.3. The fourth-order valence-electron chi connectivity index (χ4n) is 1.51. The highest BCUT2D eigenvalue weighted by molar-refractivity contribution is 14.1. The van der Waals surface area contributed by atoms with E-state index in [1.165, 1.54) is 6.21 Å². The SMILES string of the molecule is O=C(N/N=C\c1cc(Br)cc(I)c1O)c1ccc(Cl)cc1. The number of amides is 1. The van der Waals surface area contributed by atoms with E-state index in [0.29, 0.717) is 19.7 Å². The first-order valence-electron chi connectivity index (χ1n) is 5.74. The molecule has 1 amide bonds. The Morgan fingerprint density at radius 3 is 2.67 bits per heavy atom. The Morgan fingerprint density at radius 2 is 2.00 bits per heavy atom. The van der Waals surface area contributed by atoms with Crippen molar-refractivity contribution in [1.29, 1.82) is 0 Å². The minimum absolute atomic E-state index is 0.114. The fraction of sp³-hybridized carbons (Fsp3) is 0. The van der Waals surface area contributed by atoms with Crippen LogP contribution in [0.1, 0.15) is 15.9 Å². The predicted octanol–water partition coefficient (Wildman–Crippen LogP) is 4.18. The molecule has 0 radical (unpaired) electrons. The van der Waals surface area contributed by atoms with Gasteiger partial charge in [0.15, 0.2) is 0 Å². The molecule has 2 rings (SSSR count). The number of aromatic hydroxyl groups is 1. The van der Waals surface area contributed by atoms with E-state index < -0.39 is 0 Å². The molecule has 0 saturated carbocycles. The molecular formula is C14H9BrClIN2O2. The number of halogens is 3. The second-order valence-corrected chi connectivity index (χ2v) is 6.55. The Balaban J connectivity index is 2.09. The maximum absolute atomic E-state index is 11.8. The summed E-state index contributed by atoms with van der Waals surface area (Å²) in [5.41, 5.74) is 3.35. The molecule has 0 fully saturated rings. The molecule has 2 aromatic rings. The molecule has 0 heterocycles. The van der Waals surface area contributed by atoms with Crippen molar-refractivity contribution in [3.8, 4) is 5.75 Å². The maximum atomic E-state index is 11.8. The number of benzene rings is 2. The molecule has 0 unspecified atom stereocenters. The highest BCUT2D eigenvalue weighted by atomic mass is 127. The van der Waals surface area contributed by atoms with Crippen LogP contribution in [0.15, 0.2) is 46.0 Å². The third kappa shape index (κ3) is 4.42. The van der Waals surface area contributed by atoms with Crippen LogP contribution in [0.25, 0.3) is 0 Å². The monoisotopic (exact) mass is 478 g/mol. The number of hydrogen-bond donors (Lipinski definition) is 2. The molecule has 21 heavy (non-hydrogen) atoms. The Kier molecular flexibility index (Phi) is 5.60. The molecule has 4 nitrogen and oxygen atoms in total. The van der Waals surface area contributed by atoms with Gasteiger partial charge in [0.25, 0.3) is 5.91 Å². The minimum Gasteiger partial charge on any atom is -0.506 e. The van der Waals surface area contributed by atoms with E-state index in [9.17, 15) is 9.90 Å². The number of nitrogens with one attached hydrogen (secondary N) is 1. The first kappa shape index (κ1) is 16.3. The third-order valence-corrected chi connectivity index (χ3v) is 4.07. The normalized spacial score (nSPS) is 10.8. The van der Waals surface area contributed by atoms with Gasteiger partial charge < -0.3 is 5.11 Å². The molecule has 7 heteroatoms. The predicted molar refractivity (Wildman–Crippen MR) is 95.0 cm³/mol. The number of phenols is 1. The fourth-order valence-corrected chi connectivity index (χ4v) is 3.19. The van der Waals surface area contributed by atoms with Crippen LogP contribution in [0.4, 0.5) is 0 Å². The lowest BCUT2D eigenvalue weighted by Crippen LogP contribution is -2.17. The minimum atomic E-state index is -0.355. The van der Waals surface area contributed by atoms with Crippen LogP contribution in [0, 0.1) is 3.57 Å². The molecule has 0 aliphatic rings. The molecule has 0 aromatic heterocycles. The molecule has 2 aromatic carbocycles.